The first kappa shape index (κ1) is 16.7. The van der Waals surface area contributed by atoms with Crippen LogP contribution in [-0.4, -0.2) is 33.4 Å². The third-order valence-electron chi connectivity index (χ3n) is 4.77. The Morgan fingerprint density at radius 1 is 1.33 bits per heavy atom. The molecule has 1 aromatic carbocycles. The van der Waals surface area contributed by atoms with Crippen LogP contribution in [0.2, 0.25) is 0 Å². The van der Waals surface area contributed by atoms with Crippen LogP contribution < -0.4 is 5.73 Å². The highest BCUT2D eigenvalue weighted by molar-refractivity contribution is 5.92. The number of hydrogen-bond acceptors (Lipinski definition) is 3. The predicted octanol–water partition coefficient (Wildman–Crippen LogP) is 2.94. The molecule has 128 valence electrons. The minimum absolute atomic E-state index is 0.375. The van der Waals surface area contributed by atoms with Gasteiger partial charge in [-0.25, -0.2) is 4.98 Å². The molecule has 1 aromatic heterocycles. The number of carbonyl (C=O) groups excluding carboxylic acids is 1. The summed E-state index contributed by atoms with van der Waals surface area (Å²) < 4.78 is 2.29. The van der Waals surface area contributed by atoms with E-state index in [1.807, 2.05) is 30.5 Å². The average Bonchev–Trinajstić information content (AvgIpc) is 3.05. The number of nitrogens with zero attached hydrogens (tertiary/aromatic N) is 3. The number of piperidine rings is 1. The molecule has 1 amide bonds. The standard InChI is InChI=1S/C19H26N4O/c1-14(2)23-11-9-21-19(23)17-4-3-10-22(13-17)12-15-5-7-16(8-6-15)18(20)24/h5-9,11,14,17H,3-4,10,12-13H2,1-2H3,(H2,20,24)/t17-/m1/s1. The van der Waals surface area contributed by atoms with Crippen molar-refractivity contribution in [3.8, 4) is 0 Å². The van der Waals surface area contributed by atoms with E-state index in [0.29, 0.717) is 17.5 Å². The van der Waals surface area contributed by atoms with Gasteiger partial charge in [0, 0.05) is 43.0 Å². The van der Waals surface area contributed by atoms with Crippen LogP contribution >= 0.6 is 0 Å². The van der Waals surface area contributed by atoms with Crippen molar-refractivity contribution in [2.45, 2.75) is 45.2 Å². The predicted molar refractivity (Wildman–Crippen MR) is 94.8 cm³/mol. The molecule has 2 N–H and O–H groups in total. The van der Waals surface area contributed by atoms with Gasteiger partial charge in [0.05, 0.1) is 0 Å². The molecule has 1 atom stereocenters. The summed E-state index contributed by atoms with van der Waals surface area (Å²) in [6.07, 6.45) is 6.38. The third-order valence-corrected chi connectivity index (χ3v) is 4.77. The summed E-state index contributed by atoms with van der Waals surface area (Å²) >= 11 is 0. The zero-order chi connectivity index (χ0) is 17.1. The number of primary amides is 1. The summed E-state index contributed by atoms with van der Waals surface area (Å²) in [4.78, 5) is 18.3. The first-order valence-electron chi connectivity index (χ1n) is 8.68. The van der Waals surface area contributed by atoms with Gasteiger partial charge in [-0.3, -0.25) is 9.69 Å². The summed E-state index contributed by atoms with van der Waals surface area (Å²) in [6.45, 7) is 7.44. The lowest BCUT2D eigenvalue weighted by Gasteiger charge is -2.33. The Morgan fingerprint density at radius 2 is 2.08 bits per heavy atom. The molecule has 0 saturated carbocycles. The number of likely N-dealkylation sites (tertiary alicyclic amines) is 1. The van der Waals surface area contributed by atoms with Crippen LogP contribution in [0.4, 0.5) is 0 Å². The molecule has 5 nitrogen and oxygen atoms in total. The molecule has 1 aliphatic heterocycles. The molecule has 0 bridgehead atoms. The van der Waals surface area contributed by atoms with E-state index in [4.69, 9.17) is 5.73 Å². The minimum Gasteiger partial charge on any atom is -0.366 e. The normalized spacial score (nSPS) is 18.9. The van der Waals surface area contributed by atoms with Gasteiger partial charge in [-0.2, -0.15) is 0 Å². The second-order valence-electron chi connectivity index (χ2n) is 6.92. The summed E-state index contributed by atoms with van der Waals surface area (Å²) in [5.74, 6) is 1.32. The van der Waals surface area contributed by atoms with E-state index >= 15 is 0 Å². The Morgan fingerprint density at radius 3 is 2.75 bits per heavy atom. The van der Waals surface area contributed by atoms with Crippen molar-refractivity contribution in [1.29, 1.82) is 0 Å². The number of carbonyl (C=O) groups is 1. The van der Waals surface area contributed by atoms with Crippen molar-refractivity contribution in [3.63, 3.8) is 0 Å². The summed E-state index contributed by atoms with van der Waals surface area (Å²) in [6, 6.07) is 8.06. The molecule has 0 aliphatic carbocycles. The highest BCUT2D eigenvalue weighted by Crippen LogP contribution is 2.28. The van der Waals surface area contributed by atoms with Crippen LogP contribution in [0.15, 0.2) is 36.7 Å². The fourth-order valence-corrected chi connectivity index (χ4v) is 3.52. The van der Waals surface area contributed by atoms with E-state index in [-0.39, 0.29) is 5.91 Å². The van der Waals surface area contributed by atoms with E-state index < -0.39 is 0 Å². The maximum Gasteiger partial charge on any atom is 0.248 e. The Kier molecular flexibility index (Phi) is 5.00. The quantitative estimate of drug-likeness (QED) is 0.919. The molecule has 1 aliphatic rings. The largest absolute Gasteiger partial charge is 0.366 e. The number of hydrogen-bond donors (Lipinski definition) is 1. The van der Waals surface area contributed by atoms with Gasteiger partial charge >= 0.3 is 0 Å². The van der Waals surface area contributed by atoms with Gasteiger partial charge in [0.15, 0.2) is 0 Å². The fourth-order valence-electron chi connectivity index (χ4n) is 3.52. The topological polar surface area (TPSA) is 64.2 Å². The van der Waals surface area contributed by atoms with Crippen molar-refractivity contribution >= 4 is 5.91 Å². The van der Waals surface area contributed by atoms with E-state index in [2.05, 4.69) is 34.5 Å². The number of imidazole rings is 1. The van der Waals surface area contributed by atoms with Gasteiger partial charge in [-0.1, -0.05) is 12.1 Å². The molecule has 2 heterocycles. The molecule has 0 radical (unpaired) electrons. The smallest absolute Gasteiger partial charge is 0.248 e. The molecule has 2 aromatic rings. The van der Waals surface area contributed by atoms with E-state index in [9.17, 15) is 4.79 Å². The van der Waals surface area contributed by atoms with Gasteiger partial charge in [0.2, 0.25) is 5.91 Å². The van der Waals surface area contributed by atoms with Crippen LogP contribution in [-0.2, 0) is 6.54 Å². The maximum atomic E-state index is 11.2. The van der Waals surface area contributed by atoms with Crippen molar-refractivity contribution in [1.82, 2.24) is 14.5 Å². The van der Waals surface area contributed by atoms with E-state index in [0.717, 1.165) is 19.6 Å². The minimum atomic E-state index is -0.375. The van der Waals surface area contributed by atoms with Crippen LogP contribution in [0.25, 0.3) is 0 Å². The van der Waals surface area contributed by atoms with Gasteiger partial charge in [-0.15, -0.1) is 0 Å². The molecule has 0 spiro atoms. The lowest BCUT2D eigenvalue weighted by molar-refractivity contribution is 0.100. The van der Waals surface area contributed by atoms with Crippen molar-refractivity contribution in [2.75, 3.05) is 13.1 Å². The first-order valence-corrected chi connectivity index (χ1v) is 8.68. The number of rotatable bonds is 5. The van der Waals surface area contributed by atoms with Crippen LogP contribution in [0.3, 0.4) is 0 Å². The van der Waals surface area contributed by atoms with E-state index in [1.54, 1.807) is 0 Å². The zero-order valence-electron chi connectivity index (χ0n) is 14.5. The Labute approximate surface area is 143 Å². The molecule has 3 rings (SSSR count). The summed E-state index contributed by atoms with van der Waals surface area (Å²) in [7, 11) is 0. The highest BCUT2D eigenvalue weighted by atomic mass is 16.1. The second kappa shape index (κ2) is 7.18. The van der Waals surface area contributed by atoms with Gasteiger partial charge in [0.1, 0.15) is 5.82 Å². The molecule has 1 saturated heterocycles. The molecule has 24 heavy (non-hydrogen) atoms. The number of nitrogens with two attached hydrogens (primary N) is 1. The zero-order valence-corrected chi connectivity index (χ0v) is 14.5. The fraction of sp³-hybridized carbons (Fsp3) is 0.474. The van der Waals surface area contributed by atoms with Crippen molar-refractivity contribution in [3.05, 3.63) is 53.6 Å². The molecular weight excluding hydrogens is 300 g/mol. The highest BCUT2D eigenvalue weighted by Gasteiger charge is 2.25. The molecule has 1 fully saturated rings. The van der Waals surface area contributed by atoms with E-state index in [1.165, 1.54) is 24.2 Å². The number of benzene rings is 1. The summed E-state index contributed by atoms with van der Waals surface area (Å²) in [5.41, 5.74) is 7.08. The Hall–Kier alpha value is -2.14. The number of aromatic nitrogens is 2. The van der Waals surface area contributed by atoms with Crippen LogP contribution in [0.1, 0.15) is 60.4 Å². The van der Waals surface area contributed by atoms with Gasteiger partial charge < -0.3 is 10.3 Å². The average molecular weight is 326 g/mol. The summed E-state index contributed by atoms with van der Waals surface area (Å²) in [5, 5.41) is 0. The second-order valence-corrected chi connectivity index (χ2v) is 6.92. The molecular formula is C19H26N4O. The Bertz CT molecular complexity index is 690. The molecule has 5 heteroatoms. The van der Waals surface area contributed by atoms with Crippen LogP contribution in [0.5, 0.6) is 0 Å². The first-order chi connectivity index (χ1) is 11.5. The van der Waals surface area contributed by atoms with Gasteiger partial charge in [-0.05, 0) is 50.9 Å². The lowest BCUT2D eigenvalue weighted by Crippen LogP contribution is -2.35. The van der Waals surface area contributed by atoms with Crippen molar-refractivity contribution < 1.29 is 4.79 Å². The van der Waals surface area contributed by atoms with Crippen molar-refractivity contribution in [2.24, 2.45) is 5.73 Å². The van der Waals surface area contributed by atoms with Gasteiger partial charge in [0.25, 0.3) is 0 Å². The van der Waals surface area contributed by atoms with Crippen LogP contribution in [0, 0.1) is 0 Å². The number of amides is 1. The SMILES string of the molecule is CC(C)n1ccnc1[C@@H]1CCCN(Cc2ccc(C(N)=O)cc2)C1. The third kappa shape index (κ3) is 3.67. The lowest BCUT2D eigenvalue weighted by atomic mass is 9.96. The molecule has 0 unspecified atom stereocenters. The Balaban J connectivity index is 1.67. The maximum absolute atomic E-state index is 11.2. The monoisotopic (exact) mass is 326 g/mol.